The van der Waals surface area contributed by atoms with Crippen molar-refractivity contribution in [3.8, 4) is 0 Å². The Bertz CT molecular complexity index is 631. The van der Waals surface area contributed by atoms with Crippen molar-refractivity contribution in [1.82, 2.24) is 5.32 Å². The van der Waals surface area contributed by atoms with Crippen molar-refractivity contribution >= 4 is 34.8 Å². The predicted octanol–water partition coefficient (Wildman–Crippen LogP) is 6.03. The van der Waals surface area contributed by atoms with Crippen LogP contribution in [-0.2, 0) is 6.54 Å². The Hall–Kier alpha value is -0.800. The molecule has 0 heterocycles. The van der Waals surface area contributed by atoms with E-state index < -0.39 is 5.82 Å². The Balaban J connectivity index is 2.10. The summed E-state index contributed by atoms with van der Waals surface area (Å²) in [6.45, 7) is 2.65. The van der Waals surface area contributed by atoms with E-state index in [2.05, 4.69) is 12.2 Å². The summed E-state index contributed by atoms with van der Waals surface area (Å²) >= 11 is 17.9. The molecule has 0 spiro atoms. The summed E-state index contributed by atoms with van der Waals surface area (Å²) in [7, 11) is 0. The minimum Gasteiger partial charge on any atom is -0.306 e. The summed E-state index contributed by atoms with van der Waals surface area (Å²) in [4.78, 5) is 0. The molecule has 1 unspecified atom stereocenters. The van der Waals surface area contributed by atoms with Crippen molar-refractivity contribution in [1.29, 1.82) is 0 Å². The van der Waals surface area contributed by atoms with E-state index in [1.807, 2.05) is 12.1 Å². The number of halogens is 4. The molecule has 2 aromatic carbocycles. The Morgan fingerprint density at radius 3 is 2.43 bits per heavy atom. The van der Waals surface area contributed by atoms with Gasteiger partial charge in [0.2, 0.25) is 0 Å². The molecule has 1 atom stereocenters. The molecule has 0 amide bonds. The molecule has 1 N–H and O–H groups in total. The summed E-state index contributed by atoms with van der Waals surface area (Å²) in [5.74, 6) is -0.409. The molecule has 0 aliphatic heterocycles. The van der Waals surface area contributed by atoms with Gasteiger partial charge in [-0.15, -0.1) is 0 Å². The second kappa shape index (κ2) is 7.46. The highest BCUT2D eigenvalue weighted by Gasteiger charge is 2.13. The molecule has 0 bridgehead atoms. The maximum atomic E-state index is 13.1. The van der Waals surface area contributed by atoms with Gasteiger partial charge in [0, 0.05) is 22.6 Å². The standard InChI is InChI=1S/C16H15Cl3FN/c1-2-16(12-5-4-11(17)8-13(12)18)21-9-10-3-6-15(20)14(19)7-10/h3-8,16,21H,2,9H2,1H3. The van der Waals surface area contributed by atoms with E-state index in [4.69, 9.17) is 34.8 Å². The summed E-state index contributed by atoms with van der Waals surface area (Å²) in [5.41, 5.74) is 1.92. The van der Waals surface area contributed by atoms with Crippen molar-refractivity contribution in [2.45, 2.75) is 25.9 Å². The largest absolute Gasteiger partial charge is 0.306 e. The van der Waals surface area contributed by atoms with Gasteiger partial charge in [0.15, 0.2) is 0 Å². The fourth-order valence-corrected chi connectivity index (χ4v) is 2.89. The van der Waals surface area contributed by atoms with Gasteiger partial charge in [-0.1, -0.05) is 53.9 Å². The lowest BCUT2D eigenvalue weighted by Gasteiger charge is -2.19. The second-order valence-electron chi connectivity index (χ2n) is 4.76. The molecule has 0 aliphatic rings. The minimum atomic E-state index is -0.409. The molecule has 2 aromatic rings. The normalized spacial score (nSPS) is 12.4. The van der Waals surface area contributed by atoms with E-state index in [1.54, 1.807) is 18.2 Å². The van der Waals surface area contributed by atoms with Crippen LogP contribution < -0.4 is 5.32 Å². The van der Waals surface area contributed by atoms with Crippen molar-refractivity contribution < 1.29 is 4.39 Å². The third kappa shape index (κ3) is 4.33. The molecule has 1 nitrogen and oxygen atoms in total. The van der Waals surface area contributed by atoms with E-state index in [1.165, 1.54) is 6.07 Å². The van der Waals surface area contributed by atoms with Crippen LogP contribution in [0.5, 0.6) is 0 Å². The van der Waals surface area contributed by atoms with Gasteiger partial charge >= 0.3 is 0 Å². The summed E-state index contributed by atoms with van der Waals surface area (Å²) < 4.78 is 13.1. The van der Waals surface area contributed by atoms with Gasteiger partial charge in [-0.3, -0.25) is 0 Å². The molecule has 5 heteroatoms. The number of hydrogen-bond donors (Lipinski definition) is 1. The number of hydrogen-bond acceptors (Lipinski definition) is 1. The van der Waals surface area contributed by atoms with Crippen molar-refractivity contribution in [3.05, 3.63) is 68.4 Å². The zero-order valence-corrected chi connectivity index (χ0v) is 13.7. The predicted molar refractivity (Wildman–Crippen MR) is 87.7 cm³/mol. The van der Waals surface area contributed by atoms with E-state index in [0.717, 1.165) is 17.5 Å². The highest BCUT2D eigenvalue weighted by Crippen LogP contribution is 2.28. The first kappa shape index (κ1) is 16.6. The lowest BCUT2D eigenvalue weighted by molar-refractivity contribution is 0.518. The number of benzene rings is 2. The molecular weight excluding hydrogens is 332 g/mol. The van der Waals surface area contributed by atoms with Crippen LogP contribution in [0.1, 0.15) is 30.5 Å². The highest BCUT2D eigenvalue weighted by atomic mass is 35.5. The molecule has 21 heavy (non-hydrogen) atoms. The molecule has 0 saturated heterocycles. The molecular formula is C16H15Cl3FN. The van der Waals surface area contributed by atoms with Crippen molar-refractivity contribution in [2.24, 2.45) is 0 Å². The number of rotatable bonds is 5. The first-order valence-electron chi connectivity index (χ1n) is 6.63. The average molecular weight is 347 g/mol. The van der Waals surface area contributed by atoms with Gasteiger partial charge in [0.1, 0.15) is 5.82 Å². The molecule has 0 radical (unpaired) electrons. The van der Waals surface area contributed by atoms with Crippen LogP contribution in [0.4, 0.5) is 4.39 Å². The zero-order valence-electron chi connectivity index (χ0n) is 11.5. The quantitative estimate of drug-likeness (QED) is 0.697. The van der Waals surface area contributed by atoms with Crippen LogP contribution >= 0.6 is 34.8 Å². The lowest BCUT2D eigenvalue weighted by atomic mass is 10.0. The lowest BCUT2D eigenvalue weighted by Crippen LogP contribution is -2.20. The van der Waals surface area contributed by atoms with Gasteiger partial charge < -0.3 is 5.32 Å². The van der Waals surface area contributed by atoms with Gasteiger partial charge in [0.25, 0.3) is 0 Å². The third-order valence-corrected chi connectivity index (χ3v) is 4.13. The first-order chi connectivity index (χ1) is 10.0. The van der Waals surface area contributed by atoms with Crippen LogP contribution in [0.15, 0.2) is 36.4 Å². The maximum Gasteiger partial charge on any atom is 0.141 e. The van der Waals surface area contributed by atoms with Crippen LogP contribution in [-0.4, -0.2) is 0 Å². The fourth-order valence-electron chi connectivity index (χ4n) is 2.15. The minimum absolute atomic E-state index is 0.0959. The van der Waals surface area contributed by atoms with E-state index in [-0.39, 0.29) is 11.1 Å². The molecule has 0 fully saturated rings. The summed E-state index contributed by atoms with van der Waals surface area (Å²) in [6.07, 6.45) is 0.871. The molecule has 2 rings (SSSR count). The Kier molecular flexibility index (Phi) is 5.88. The van der Waals surface area contributed by atoms with Crippen molar-refractivity contribution in [2.75, 3.05) is 0 Å². The fraction of sp³-hybridized carbons (Fsp3) is 0.250. The smallest absolute Gasteiger partial charge is 0.141 e. The maximum absolute atomic E-state index is 13.1. The summed E-state index contributed by atoms with van der Waals surface area (Å²) in [6, 6.07) is 10.3. The highest BCUT2D eigenvalue weighted by molar-refractivity contribution is 6.35. The molecule has 0 aromatic heterocycles. The van der Waals surface area contributed by atoms with E-state index >= 15 is 0 Å². The number of nitrogens with one attached hydrogen (secondary N) is 1. The topological polar surface area (TPSA) is 12.0 Å². The van der Waals surface area contributed by atoms with Crippen molar-refractivity contribution in [3.63, 3.8) is 0 Å². The van der Waals surface area contributed by atoms with Gasteiger partial charge in [-0.05, 0) is 41.8 Å². The molecule has 0 saturated carbocycles. The van der Waals surface area contributed by atoms with E-state index in [0.29, 0.717) is 16.6 Å². The van der Waals surface area contributed by atoms with Crippen LogP contribution in [0.25, 0.3) is 0 Å². The van der Waals surface area contributed by atoms with Crippen LogP contribution in [0, 0.1) is 5.82 Å². The van der Waals surface area contributed by atoms with E-state index in [9.17, 15) is 4.39 Å². The van der Waals surface area contributed by atoms with Gasteiger partial charge in [0.05, 0.1) is 5.02 Å². The van der Waals surface area contributed by atoms with Crippen LogP contribution in [0.2, 0.25) is 15.1 Å². The Labute approximate surface area is 139 Å². The molecule has 0 aliphatic carbocycles. The Morgan fingerprint density at radius 1 is 1.05 bits per heavy atom. The monoisotopic (exact) mass is 345 g/mol. The Morgan fingerprint density at radius 2 is 1.81 bits per heavy atom. The average Bonchev–Trinajstić information content (AvgIpc) is 2.45. The molecule has 112 valence electrons. The van der Waals surface area contributed by atoms with Crippen LogP contribution in [0.3, 0.4) is 0 Å². The SMILES string of the molecule is CCC(NCc1ccc(F)c(Cl)c1)c1ccc(Cl)cc1Cl. The van der Waals surface area contributed by atoms with Gasteiger partial charge in [-0.2, -0.15) is 0 Å². The summed E-state index contributed by atoms with van der Waals surface area (Å²) in [5, 5.41) is 4.78. The second-order valence-corrected chi connectivity index (χ2v) is 6.01. The first-order valence-corrected chi connectivity index (χ1v) is 7.77. The van der Waals surface area contributed by atoms with Gasteiger partial charge in [-0.25, -0.2) is 4.39 Å². The zero-order chi connectivity index (χ0) is 15.4. The third-order valence-electron chi connectivity index (χ3n) is 3.28.